The fourth-order valence-electron chi connectivity index (χ4n) is 1.14. The highest BCUT2D eigenvalue weighted by Crippen LogP contribution is 2.18. The van der Waals surface area contributed by atoms with Crippen molar-refractivity contribution in [1.82, 2.24) is 10.6 Å². The van der Waals surface area contributed by atoms with Crippen molar-refractivity contribution in [3.63, 3.8) is 0 Å². The summed E-state index contributed by atoms with van der Waals surface area (Å²) in [7, 11) is 0. The normalized spacial score (nSPS) is 26.5. The molecule has 3 nitrogen and oxygen atoms in total. The minimum atomic E-state index is 0.107. The zero-order chi connectivity index (χ0) is 8.48. The predicted molar refractivity (Wildman–Crippen MR) is 44.0 cm³/mol. The molecule has 0 aliphatic carbocycles. The lowest BCUT2D eigenvalue weighted by molar-refractivity contribution is -0.124. The molecule has 1 aliphatic heterocycles. The van der Waals surface area contributed by atoms with Crippen molar-refractivity contribution >= 4 is 5.91 Å². The van der Waals surface area contributed by atoms with Crippen molar-refractivity contribution in [3.05, 3.63) is 0 Å². The number of rotatable bonds is 0. The molecule has 0 aromatic carbocycles. The Bertz CT molecular complexity index is 160. The van der Waals surface area contributed by atoms with E-state index in [4.69, 9.17) is 0 Å². The highest BCUT2D eigenvalue weighted by Gasteiger charge is 2.28. The zero-order valence-corrected chi connectivity index (χ0v) is 7.40. The monoisotopic (exact) mass is 156 g/mol. The number of carbonyl (C=O) groups excluding carboxylic acids is 1. The van der Waals surface area contributed by atoms with Crippen LogP contribution < -0.4 is 10.6 Å². The molecule has 1 atom stereocenters. The summed E-state index contributed by atoms with van der Waals surface area (Å²) in [6.45, 7) is 7.12. The largest absolute Gasteiger partial charge is 0.340 e. The molecule has 11 heavy (non-hydrogen) atoms. The Labute approximate surface area is 67.5 Å². The molecule has 0 unspecified atom stereocenters. The molecule has 0 radical (unpaired) electrons. The maximum absolute atomic E-state index is 11.0. The van der Waals surface area contributed by atoms with Gasteiger partial charge in [-0.05, 0) is 5.41 Å². The van der Waals surface area contributed by atoms with Crippen LogP contribution in [0.25, 0.3) is 0 Å². The van der Waals surface area contributed by atoms with Gasteiger partial charge < -0.3 is 5.32 Å². The molecule has 0 spiro atoms. The van der Waals surface area contributed by atoms with Gasteiger partial charge in [-0.15, -0.1) is 0 Å². The Morgan fingerprint density at radius 3 is 2.45 bits per heavy atom. The van der Waals surface area contributed by atoms with Crippen LogP contribution in [0.15, 0.2) is 0 Å². The average Bonchev–Trinajstić information content (AvgIpc) is 1.86. The van der Waals surface area contributed by atoms with E-state index in [1.54, 1.807) is 0 Å². The molecule has 0 bridgehead atoms. The molecule has 1 heterocycles. The molecule has 2 N–H and O–H groups in total. The van der Waals surface area contributed by atoms with Gasteiger partial charge in [0, 0.05) is 13.0 Å². The van der Waals surface area contributed by atoms with E-state index < -0.39 is 0 Å². The van der Waals surface area contributed by atoms with Crippen LogP contribution >= 0.6 is 0 Å². The first-order valence-corrected chi connectivity index (χ1v) is 4.03. The van der Waals surface area contributed by atoms with Gasteiger partial charge in [0.2, 0.25) is 5.91 Å². The maximum atomic E-state index is 11.0. The molecule has 0 aromatic heterocycles. The van der Waals surface area contributed by atoms with Gasteiger partial charge in [0.15, 0.2) is 0 Å². The van der Waals surface area contributed by atoms with Gasteiger partial charge in [0.05, 0.1) is 6.17 Å². The zero-order valence-electron chi connectivity index (χ0n) is 7.40. The first-order chi connectivity index (χ1) is 5.00. The summed E-state index contributed by atoms with van der Waals surface area (Å²) in [6.07, 6.45) is 0.732. The molecule has 3 heteroatoms. The number of hydrogen-bond acceptors (Lipinski definition) is 2. The lowest BCUT2D eigenvalue weighted by Gasteiger charge is -2.35. The second-order valence-electron chi connectivity index (χ2n) is 4.07. The Morgan fingerprint density at radius 2 is 2.09 bits per heavy atom. The van der Waals surface area contributed by atoms with Gasteiger partial charge in [-0.1, -0.05) is 20.8 Å². The molecule has 1 rings (SSSR count). The fourth-order valence-corrected chi connectivity index (χ4v) is 1.14. The number of carbonyl (C=O) groups is 1. The van der Waals surface area contributed by atoms with Gasteiger partial charge in [0.1, 0.15) is 0 Å². The van der Waals surface area contributed by atoms with Gasteiger partial charge in [-0.25, -0.2) is 0 Å². The molecule has 64 valence electrons. The van der Waals surface area contributed by atoms with Crippen LogP contribution in [-0.4, -0.2) is 18.6 Å². The molecular weight excluding hydrogens is 140 g/mol. The van der Waals surface area contributed by atoms with Crippen LogP contribution in [0.4, 0.5) is 0 Å². The predicted octanol–water partition coefficient (Wildman–Crippen LogP) is 0.468. The van der Waals surface area contributed by atoms with Gasteiger partial charge in [0.25, 0.3) is 0 Å². The van der Waals surface area contributed by atoms with E-state index in [1.165, 1.54) is 0 Å². The van der Waals surface area contributed by atoms with Crippen LogP contribution in [0.3, 0.4) is 0 Å². The van der Waals surface area contributed by atoms with Crippen molar-refractivity contribution in [2.45, 2.75) is 33.4 Å². The van der Waals surface area contributed by atoms with E-state index in [0.29, 0.717) is 6.42 Å². The van der Waals surface area contributed by atoms with Crippen molar-refractivity contribution < 1.29 is 4.79 Å². The van der Waals surface area contributed by atoms with Crippen molar-refractivity contribution in [1.29, 1.82) is 0 Å². The highest BCUT2D eigenvalue weighted by molar-refractivity contribution is 5.77. The number of nitrogens with one attached hydrogen (secondary N) is 2. The Balaban J connectivity index is 2.53. The summed E-state index contributed by atoms with van der Waals surface area (Å²) < 4.78 is 0. The van der Waals surface area contributed by atoms with E-state index in [-0.39, 0.29) is 17.5 Å². The van der Waals surface area contributed by atoms with E-state index >= 15 is 0 Å². The standard InChI is InChI=1S/C8H16N2O/c1-8(2,3)7-9-5-4-6(11)10-7/h7,9H,4-5H2,1-3H3,(H,10,11)/t7-/m0/s1. The summed E-state index contributed by atoms with van der Waals surface area (Å²) in [5, 5.41) is 6.16. The summed E-state index contributed by atoms with van der Waals surface area (Å²) in [6, 6.07) is 0. The molecule has 1 fully saturated rings. The second-order valence-corrected chi connectivity index (χ2v) is 4.07. The molecule has 0 aromatic rings. The number of amides is 1. The Kier molecular flexibility index (Phi) is 2.18. The Morgan fingerprint density at radius 1 is 1.45 bits per heavy atom. The van der Waals surface area contributed by atoms with Gasteiger partial charge in [-0.3, -0.25) is 10.1 Å². The number of hydrogen-bond donors (Lipinski definition) is 2. The van der Waals surface area contributed by atoms with Crippen LogP contribution in [0.5, 0.6) is 0 Å². The van der Waals surface area contributed by atoms with Crippen molar-refractivity contribution in [2.24, 2.45) is 5.41 Å². The highest BCUT2D eigenvalue weighted by atomic mass is 16.1. The second kappa shape index (κ2) is 2.81. The fraction of sp³-hybridized carbons (Fsp3) is 0.875. The lowest BCUT2D eigenvalue weighted by atomic mass is 9.91. The van der Waals surface area contributed by atoms with Gasteiger partial charge >= 0.3 is 0 Å². The third-order valence-corrected chi connectivity index (χ3v) is 1.87. The lowest BCUT2D eigenvalue weighted by Crippen LogP contribution is -2.57. The van der Waals surface area contributed by atoms with Crippen LogP contribution in [0.2, 0.25) is 0 Å². The van der Waals surface area contributed by atoms with Crippen LogP contribution in [-0.2, 0) is 4.79 Å². The van der Waals surface area contributed by atoms with Crippen molar-refractivity contribution in [3.8, 4) is 0 Å². The van der Waals surface area contributed by atoms with E-state index in [9.17, 15) is 4.79 Å². The summed E-state index contributed by atoms with van der Waals surface area (Å²) in [5.41, 5.74) is 0.107. The smallest absolute Gasteiger partial charge is 0.222 e. The molecular formula is C8H16N2O. The van der Waals surface area contributed by atoms with Crippen LogP contribution in [0, 0.1) is 5.41 Å². The summed E-state index contributed by atoms with van der Waals surface area (Å²) in [5.74, 6) is 0.156. The molecule has 0 saturated carbocycles. The van der Waals surface area contributed by atoms with Gasteiger partial charge in [-0.2, -0.15) is 0 Å². The summed E-state index contributed by atoms with van der Waals surface area (Å²) in [4.78, 5) is 11.0. The first-order valence-electron chi connectivity index (χ1n) is 4.03. The molecule has 1 aliphatic rings. The van der Waals surface area contributed by atoms with E-state index in [0.717, 1.165) is 6.54 Å². The third-order valence-electron chi connectivity index (χ3n) is 1.87. The first kappa shape index (κ1) is 8.53. The van der Waals surface area contributed by atoms with Crippen molar-refractivity contribution in [2.75, 3.05) is 6.54 Å². The minimum absolute atomic E-state index is 0.107. The molecule has 1 amide bonds. The molecule has 1 saturated heterocycles. The topological polar surface area (TPSA) is 41.1 Å². The maximum Gasteiger partial charge on any atom is 0.222 e. The third kappa shape index (κ3) is 2.19. The Hall–Kier alpha value is -0.570. The quantitative estimate of drug-likeness (QED) is 0.535. The van der Waals surface area contributed by atoms with Crippen LogP contribution in [0.1, 0.15) is 27.2 Å². The average molecular weight is 156 g/mol. The summed E-state index contributed by atoms with van der Waals surface area (Å²) >= 11 is 0. The van der Waals surface area contributed by atoms with E-state index in [1.807, 2.05) is 0 Å². The minimum Gasteiger partial charge on any atom is -0.340 e. The SMILES string of the molecule is CC(C)(C)[C@H]1NCCC(=O)N1. The van der Waals surface area contributed by atoms with E-state index in [2.05, 4.69) is 31.4 Å².